The van der Waals surface area contributed by atoms with Crippen molar-refractivity contribution in [3.05, 3.63) is 27.3 Å². The van der Waals surface area contributed by atoms with Gasteiger partial charge in [-0.05, 0) is 58.4 Å². The molecule has 0 heterocycles. The number of hydrogen-bond acceptors (Lipinski definition) is 2. The van der Waals surface area contributed by atoms with Crippen molar-refractivity contribution in [1.29, 1.82) is 0 Å². The molecule has 0 aromatic heterocycles. The third-order valence-corrected chi connectivity index (χ3v) is 8.76. The first-order chi connectivity index (χ1) is 7.63. The van der Waals surface area contributed by atoms with Crippen molar-refractivity contribution in [1.82, 2.24) is 0 Å². The van der Waals surface area contributed by atoms with Crippen LogP contribution in [0.25, 0.3) is 0 Å². The summed E-state index contributed by atoms with van der Waals surface area (Å²) < 4.78 is 7.00. The molecule has 0 aliphatic rings. The number of hydrogen-bond donors (Lipinski definition) is 1. The van der Waals surface area contributed by atoms with Gasteiger partial charge in [-0.15, -0.1) is 0 Å². The average molecular weight is 364 g/mol. The Balaban J connectivity index is 2.71. The summed E-state index contributed by atoms with van der Waals surface area (Å²) in [7, 11) is -1.68. The number of benzene rings is 1. The minimum Gasteiger partial charge on any atom is -0.507 e. The maximum atomic E-state index is 9.46. The molecule has 0 spiro atoms. The van der Waals surface area contributed by atoms with Crippen LogP contribution in [0.3, 0.4) is 0 Å². The highest BCUT2D eigenvalue weighted by atomic mass is 127. The second kappa shape index (κ2) is 5.28. The predicted molar refractivity (Wildman–Crippen MR) is 82.8 cm³/mol. The van der Waals surface area contributed by atoms with E-state index in [1.165, 1.54) is 0 Å². The molecule has 1 aromatic carbocycles. The Morgan fingerprint density at radius 1 is 1.29 bits per heavy atom. The molecule has 17 heavy (non-hydrogen) atoms. The number of phenols is 1. The molecule has 0 aliphatic carbocycles. The fraction of sp³-hybridized carbons (Fsp3) is 0.538. The smallest absolute Gasteiger partial charge is 0.192 e. The zero-order valence-corrected chi connectivity index (χ0v) is 14.3. The van der Waals surface area contributed by atoms with Gasteiger partial charge in [0.25, 0.3) is 0 Å². The van der Waals surface area contributed by atoms with Crippen LogP contribution in [0, 0.1) is 3.57 Å². The van der Waals surface area contributed by atoms with Gasteiger partial charge in [-0.2, -0.15) is 0 Å². The third kappa shape index (κ3) is 3.96. The third-order valence-electron chi connectivity index (χ3n) is 3.42. The van der Waals surface area contributed by atoms with E-state index in [-0.39, 0.29) is 5.04 Å². The largest absolute Gasteiger partial charge is 0.507 e. The molecule has 0 saturated carbocycles. The van der Waals surface area contributed by atoms with Crippen molar-refractivity contribution >= 4 is 30.9 Å². The van der Waals surface area contributed by atoms with Crippen molar-refractivity contribution in [3.63, 3.8) is 0 Å². The minimum absolute atomic E-state index is 0.233. The summed E-state index contributed by atoms with van der Waals surface area (Å²) in [4.78, 5) is 0. The molecule has 1 N–H and O–H groups in total. The van der Waals surface area contributed by atoms with E-state index >= 15 is 0 Å². The van der Waals surface area contributed by atoms with Crippen molar-refractivity contribution in [3.8, 4) is 5.75 Å². The first-order valence-electron chi connectivity index (χ1n) is 5.75. The summed E-state index contributed by atoms with van der Waals surface area (Å²) in [5, 5.41) is 9.69. The highest BCUT2D eigenvalue weighted by molar-refractivity contribution is 14.1. The average Bonchev–Trinajstić information content (AvgIpc) is 2.18. The number of aromatic hydroxyl groups is 1. The van der Waals surface area contributed by atoms with Gasteiger partial charge in [-0.1, -0.05) is 26.8 Å². The van der Waals surface area contributed by atoms with Crippen LogP contribution in [0.15, 0.2) is 18.2 Å². The van der Waals surface area contributed by atoms with E-state index < -0.39 is 8.32 Å². The van der Waals surface area contributed by atoms with Gasteiger partial charge in [-0.3, -0.25) is 0 Å². The molecule has 96 valence electrons. The van der Waals surface area contributed by atoms with Gasteiger partial charge in [0.15, 0.2) is 8.32 Å². The Labute approximate surface area is 119 Å². The van der Waals surface area contributed by atoms with E-state index in [1.54, 1.807) is 6.07 Å². The summed E-state index contributed by atoms with van der Waals surface area (Å²) in [5.74, 6) is 0.335. The molecule has 0 fully saturated rings. The van der Waals surface area contributed by atoms with Gasteiger partial charge in [0.2, 0.25) is 0 Å². The number of halogens is 1. The maximum Gasteiger partial charge on any atom is 0.192 e. The lowest BCUT2D eigenvalue weighted by Gasteiger charge is -2.36. The molecule has 0 bridgehead atoms. The molecule has 1 aromatic rings. The van der Waals surface area contributed by atoms with Crippen LogP contribution < -0.4 is 0 Å². The molecule has 0 amide bonds. The van der Waals surface area contributed by atoms with Gasteiger partial charge in [0, 0.05) is 0 Å². The number of phenolic OH excluding ortho intramolecular Hbond substituents is 1. The fourth-order valence-corrected chi connectivity index (χ4v) is 2.66. The zero-order valence-electron chi connectivity index (χ0n) is 11.2. The van der Waals surface area contributed by atoms with E-state index in [1.807, 2.05) is 12.1 Å². The lowest BCUT2D eigenvalue weighted by atomic mass is 10.2. The standard InChI is InChI=1S/C13H21IO2Si/c1-13(2,3)17(4,5)16-9-10-6-7-12(15)11(14)8-10/h6-8,15H,9H2,1-5H3. The molecule has 1 rings (SSSR count). The van der Waals surface area contributed by atoms with Gasteiger partial charge in [0.05, 0.1) is 10.2 Å². The van der Waals surface area contributed by atoms with E-state index in [0.717, 1.165) is 9.13 Å². The van der Waals surface area contributed by atoms with Crippen molar-refractivity contribution in [2.45, 2.75) is 45.5 Å². The summed E-state index contributed by atoms with van der Waals surface area (Å²) in [6, 6.07) is 5.62. The fourth-order valence-electron chi connectivity index (χ4n) is 1.12. The van der Waals surface area contributed by atoms with Gasteiger partial charge in [0.1, 0.15) is 5.75 Å². The quantitative estimate of drug-likeness (QED) is 0.631. The van der Waals surface area contributed by atoms with Crippen LogP contribution in [-0.2, 0) is 11.0 Å². The monoisotopic (exact) mass is 364 g/mol. The van der Waals surface area contributed by atoms with Crippen molar-refractivity contribution in [2.24, 2.45) is 0 Å². The van der Waals surface area contributed by atoms with Gasteiger partial charge < -0.3 is 9.53 Å². The van der Waals surface area contributed by atoms with Crippen LogP contribution in [0.4, 0.5) is 0 Å². The molecule has 2 nitrogen and oxygen atoms in total. The first-order valence-corrected chi connectivity index (χ1v) is 9.73. The van der Waals surface area contributed by atoms with Crippen LogP contribution in [-0.4, -0.2) is 13.4 Å². The van der Waals surface area contributed by atoms with Crippen LogP contribution >= 0.6 is 22.6 Å². The van der Waals surface area contributed by atoms with Crippen LogP contribution in [0.5, 0.6) is 5.75 Å². The van der Waals surface area contributed by atoms with Gasteiger partial charge >= 0.3 is 0 Å². The van der Waals surface area contributed by atoms with Gasteiger partial charge in [-0.25, -0.2) is 0 Å². The lowest BCUT2D eigenvalue weighted by molar-refractivity contribution is 0.276. The highest BCUT2D eigenvalue weighted by Gasteiger charge is 2.36. The van der Waals surface area contributed by atoms with E-state index in [2.05, 4.69) is 56.5 Å². The SMILES string of the molecule is CC(C)(C)[Si](C)(C)OCc1ccc(O)c(I)c1. The Morgan fingerprint density at radius 2 is 1.88 bits per heavy atom. The molecule has 0 unspecified atom stereocenters. The van der Waals surface area contributed by atoms with Crippen molar-refractivity contribution < 1.29 is 9.53 Å². The highest BCUT2D eigenvalue weighted by Crippen LogP contribution is 2.37. The molecule has 0 aliphatic heterocycles. The van der Waals surface area contributed by atoms with E-state index in [4.69, 9.17) is 4.43 Å². The molecular formula is C13H21IO2Si. The molecule has 0 atom stereocenters. The molecule has 0 saturated heterocycles. The second-order valence-electron chi connectivity index (χ2n) is 5.83. The maximum absolute atomic E-state index is 9.46. The Kier molecular flexibility index (Phi) is 4.65. The molecule has 4 heteroatoms. The summed E-state index contributed by atoms with van der Waals surface area (Å²) >= 11 is 2.13. The predicted octanol–water partition coefficient (Wildman–Crippen LogP) is 4.52. The van der Waals surface area contributed by atoms with Crippen molar-refractivity contribution in [2.75, 3.05) is 0 Å². The minimum atomic E-state index is -1.68. The Hall–Kier alpha value is -0.0731. The second-order valence-corrected chi connectivity index (χ2v) is 11.8. The zero-order chi connectivity index (χ0) is 13.3. The topological polar surface area (TPSA) is 29.5 Å². The first kappa shape index (κ1) is 15.0. The number of rotatable bonds is 3. The van der Waals surface area contributed by atoms with E-state index in [9.17, 15) is 5.11 Å². The van der Waals surface area contributed by atoms with Crippen LogP contribution in [0.1, 0.15) is 26.3 Å². The summed E-state index contributed by atoms with van der Waals surface area (Å²) in [6.07, 6.45) is 0. The summed E-state index contributed by atoms with van der Waals surface area (Å²) in [6.45, 7) is 11.8. The summed E-state index contributed by atoms with van der Waals surface area (Å²) in [5.41, 5.74) is 1.12. The molecular weight excluding hydrogens is 343 g/mol. The normalized spacial score (nSPS) is 12.8. The van der Waals surface area contributed by atoms with E-state index in [0.29, 0.717) is 12.4 Å². The Bertz CT molecular complexity index is 397. The lowest BCUT2D eigenvalue weighted by Crippen LogP contribution is -2.40. The Morgan fingerprint density at radius 3 is 2.35 bits per heavy atom. The molecule has 0 radical (unpaired) electrons. The van der Waals surface area contributed by atoms with Crippen LogP contribution in [0.2, 0.25) is 18.1 Å².